The van der Waals surface area contributed by atoms with Crippen LogP contribution in [0.15, 0.2) is 82.7 Å². The predicted molar refractivity (Wildman–Crippen MR) is 136 cm³/mol. The number of amides is 1. The number of hydrogen-bond donors (Lipinski definition) is 2. The number of halogens is 1. The highest BCUT2D eigenvalue weighted by atomic mass is 32.2. The Bertz CT molecular complexity index is 1520. The van der Waals surface area contributed by atoms with Crippen molar-refractivity contribution in [1.29, 1.82) is 0 Å². The van der Waals surface area contributed by atoms with E-state index in [0.29, 0.717) is 28.4 Å². The lowest BCUT2D eigenvalue weighted by atomic mass is 10.0. The summed E-state index contributed by atoms with van der Waals surface area (Å²) >= 11 is 1.38. The first-order chi connectivity index (χ1) is 16.7. The topological polar surface area (TPSA) is 107 Å². The van der Waals surface area contributed by atoms with Gasteiger partial charge in [-0.2, -0.15) is 5.10 Å². The molecule has 0 aliphatic heterocycles. The average Bonchev–Trinajstić information content (AvgIpc) is 3.30. The van der Waals surface area contributed by atoms with E-state index in [1.165, 1.54) is 34.6 Å². The molecule has 4 aromatic rings. The van der Waals surface area contributed by atoms with Crippen LogP contribution in [0, 0.1) is 5.82 Å². The Morgan fingerprint density at radius 3 is 2.54 bits per heavy atom. The molecule has 0 radical (unpaired) electrons. The molecule has 0 aliphatic carbocycles. The number of anilines is 1. The van der Waals surface area contributed by atoms with Gasteiger partial charge in [-0.3, -0.25) is 4.79 Å². The van der Waals surface area contributed by atoms with Crippen LogP contribution in [0.1, 0.15) is 16.1 Å². The number of hydrogen-bond acceptors (Lipinski definition) is 6. The summed E-state index contributed by atoms with van der Waals surface area (Å²) in [6.07, 6.45) is 2.95. The van der Waals surface area contributed by atoms with Crippen LogP contribution in [-0.4, -0.2) is 36.6 Å². The second-order valence-electron chi connectivity index (χ2n) is 7.77. The molecule has 1 aromatic heterocycles. The second kappa shape index (κ2) is 10.0. The minimum absolute atomic E-state index is 0.0373. The van der Waals surface area contributed by atoms with E-state index in [0.717, 1.165) is 11.8 Å². The van der Waals surface area contributed by atoms with Crippen molar-refractivity contribution in [1.82, 2.24) is 9.78 Å². The highest BCUT2D eigenvalue weighted by Gasteiger charge is 2.20. The van der Waals surface area contributed by atoms with E-state index in [1.54, 1.807) is 30.3 Å². The summed E-state index contributed by atoms with van der Waals surface area (Å²) in [5, 5.41) is 7.70. The van der Waals surface area contributed by atoms with Crippen molar-refractivity contribution in [3.63, 3.8) is 0 Å². The Labute approximate surface area is 207 Å². The quantitative estimate of drug-likeness (QED) is 0.354. The zero-order valence-electron chi connectivity index (χ0n) is 19.0. The lowest BCUT2D eigenvalue weighted by molar-refractivity contribution is 0.101. The van der Waals surface area contributed by atoms with Crippen molar-refractivity contribution >= 4 is 33.2 Å². The smallest absolute Gasteiger partial charge is 0.274 e. The summed E-state index contributed by atoms with van der Waals surface area (Å²) in [6.45, 7) is 0.339. The number of rotatable bonds is 7. The number of nitrogens with one attached hydrogen (secondary N) is 1. The normalized spacial score (nSPS) is 11.4. The molecule has 0 saturated carbocycles. The summed E-state index contributed by atoms with van der Waals surface area (Å²) in [5.74, 6) is -1.24. The van der Waals surface area contributed by atoms with Gasteiger partial charge in [0.15, 0.2) is 9.84 Å². The summed E-state index contributed by atoms with van der Waals surface area (Å²) in [4.78, 5) is 13.2. The molecule has 0 atom stereocenters. The van der Waals surface area contributed by atoms with Crippen molar-refractivity contribution in [3.05, 3.63) is 89.9 Å². The fourth-order valence-corrected chi connectivity index (χ4v) is 4.94. The molecule has 3 aromatic carbocycles. The zero-order valence-corrected chi connectivity index (χ0v) is 20.7. The first-order valence-corrected chi connectivity index (χ1v) is 13.7. The number of thioether (sulfide) groups is 1. The van der Waals surface area contributed by atoms with Gasteiger partial charge in [-0.25, -0.2) is 17.5 Å². The maximum absolute atomic E-state index is 15.0. The molecule has 1 heterocycles. The standard InChI is InChI=1S/C25H23FN4O3S2/c1-34-24-14-22(30(29-24)18-7-5-6-16(12-18)15-27)25(31)28-21-11-10-17(13-20(21)26)19-8-3-4-9-23(19)35(2,32)33/h3-14H,15,27H2,1-2H3,(H,28,31). The summed E-state index contributed by atoms with van der Waals surface area (Å²) in [6, 6.07) is 19.5. The van der Waals surface area contributed by atoms with Gasteiger partial charge >= 0.3 is 0 Å². The molecule has 0 bridgehead atoms. The van der Waals surface area contributed by atoms with Gasteiger partial charge in [0, 0.05) is 24.4 Å². The zero-order chi connectivity index (χ0) is 25.2. The molecule has 0 saturated heterocycles. The molecule has 10 heteroatoms. The Hall–Kier alpha value is -3.47. The van der Waals surface area contributed by atoms with Crippen LogP contribution < -0.4 is 11.1 Å². The summed E-state index contributed by atoms with van der Waals surface area (Å²) in [7, 11) is -3.51. The van der Waals surface area contributed by atoms with Gasteiger partial charge in [0.05, 0.1) is 16.3 Å². The Morgan fingerprint density at radius 2 is 1.86 bits per heavy atom. The van der Waals surface area contributed by atoms with Crippen molar-refractivity contribution < 1.29 is 17.6 Å². The maximum Gasteiger partial charge on any atom is 0.274 e. The Kier molecular flexibility index (Phi) is 7.06. The highest BCUT2D eigenvalue weighted by Crippen LogP contribution is 2.30. The van der Waals surface area contributed by atoms with Gasteiger partial charge in [-0.05, 0) is 47.7 Å². The van der Waals surface area contributed by atoms with Crippen LogP contribution >= 0.6 is 11.8 Å². The molecular formula is C25H23FN4O3S2. The minimum Gasteiger partial charge on any atom is -0.326 e. The highest BCUT2D eigenvalue weighted by molar-refractivity contribution is 7.98. The molecule has 0 spiro atoms. The van der Waals surface area contributed by atoms with Crippen LogP contribution in [0.5, 0.6) is 0 Å². The van der Waals surface area contributed by atoms with Crippen molar-refractivity contribution in [3.8, 4) is 16.8 Å². The molecule has 0 aliphatic rings. The molecule has 3 N–H and O–H groups in total. The number of carbonyl (C=O) groups is 1. The van der Waals surface area contributed by atoms with Crippen molar-refractivity contribution in [2.45, 2.75) is 16.5 Å². The lowest BCUT2D eigenvalue weighted by Crippen LogP contribution is -2.18. The third-order valence-electron chi connectivity index (χ3n) is 5.33. The van der Waals surface area contributed by atoms with Crippen LogP contribution in [0.25, 0.3) is 16.8 Å². The molecule has 1 amide bonds. The average molecular weight is 511 g/mol. The van der Waals surface area contributed by atoms with Crippen LogP contribution in [0.3, 0.4) is 0 Å². The predicted octanol–water partition coefficient (Wildman–Crippen LogP) is 4.51. The number of benzene rings is 3. The van der Waals surface area contributed by atoms with E-state index in [4.69, 9.17) is 5.73 Å². The first-order valence-electron chi connectivity index (χ1n) is 10.5. The third-order valence-corrected chi connectivity index (χ3v) is 7.11. The maximum atomic E-state index is 15.0. The first kappa shape index (κ1) is 24.6. The lowest BCUT2D eigenvalue weighted by Gasteiger charge is -2.12. The van der Waals surface area contributed by atoms with E-state index in [2.05, 4.69) is 10.4 Å². The van der Waals surface area contributed by atoms with Crippen LogP contribution in [0.2, 0.25) is 0 Å². The minimum atomic E-state index is -3.51. The van der Waals surface area contributed by atoms with Crippen LogP contribution in [-0.2, 0) is 16.4 Å². The second-order valence-corrected chi connectivity index (χ2v) is 10.6. The van der Waals surface area contributed by atoms with Crippen molar-refractivity contribution in [2.75, 3.05) is 17.8 Å². The van der Waals surface area contributed by atoms with E-state index < -0.39 is 21.6 Å². The van der Waals surface area contributed by atoms with Gasteiger partial charge in [0.25, 0.3) is 5.91 Å². The number of sulfone groups is 1. The van der Waals surface area contributed by atoms with Gasteiger partial charge in [-0.15, -0.1) is 11.8 Å². The van der Waals surface area contributed by atoms with Gasteiger partial charge in [0.1, 0.15) is 16.5 Å². The fraction of sp³-hybridized carbons (Fsp3) is 0.120. The van der Waals surface area contributed by atoms with Gasteiger partial charge < -0.3 is 11.1 Å². The monoisotopic (exact) mass is 510 g/mol. The Balaban J connectivity index is 1.67. The number of nitrogens with zero attached hydrogens (tertiary/aromatic N) is 2. The molecule has 180 valence electrons. The number of nitrogens with two attached hydrogens (primary N) is 1. The molecule has 7 nitrogen and oxygen atoms in total. The van der Waals surface area contributed by atoms with Crippen LogP contribution in [0.4, 0.5) is 10.1 Å². The number of carbonyl (C=O) groups excluding carboxylic acids is 1. The van der Waals surface area contributed by atoms with E-state index in [-0.39, 0.29) is 16.3 Å². The van der Waals surface area contributed by atoms with Crippen molar-refractivity contribution in [2.24, 2.45) is 5.73 Å². The van der Waals surface area contributed by atoms with Gasteiger partial charge in [0.2, 0.25) is 0 Å². The number of aromatic nitrogens is 2. The Morgan fingerprint density at radius 1 is 1.09 bits per heavy atom. The molecule has 0 fully saturated rings. The fourth-order valence-electron chi connectivity index (χ4n) is 3.63. The summed E-state index contributed by atoms with van der Waals surface area (Å²) < 4.78 is 40.8. The van der Waals surface area contributed by atoms with E-state index in [1.807, 2.05) is 30.5 Å². The van der Waals surface area contributed by atoms with E-state index in [9.17, 15) is 13.2 Å². The molecule has 35 heavy (non-hydrogen) atoms. The van der Waals surface area contributed by atoms with Gasteiger partial charge in [-0.1, -0.05) is 36.4 Å². The molecular weight excluding hydrogens is 487 g/mol. The SMILES string of the molecule is CSc1cc(C(=O)Nc2ccc(-c3ccccc3S(C)(=O)=O)cc2F)n(-c2cccc(CN)c2)n1. The molecule has 0 unspecified atom stereocenters. The molecule has 4 rings (SSSR count). The summed E-state index contributed by atoms with van der Waals surface area (Å²) in [5.41, 5.74) is 8.24. The third kappa shape index (κ3) is 5.29. The largest absolute Gasteiger partial charge is 0.326 e. The van der Waals surface area contributed by atoms with E-state index >= 15 is 4.39 Å².